The maximum atomic E-state index is 9.75. The summed E-state index contributed by atoms with van der Waals surface area (Å²) in [6, 6.07) is 0. The van der Waals surface area contributed by atoms with Crippen molar-refractivity contribution in [2.75, 3.05) is 0 Å². The van der Waals surface area contributed by atoms with Crippen molar-refractivity contribution in [2.45, 2.75) is 50.8 Å². The first-order chi connectivity index (χ1) is 5.62. The van der Waals surface area contributed by atoms with Gasteiger partial charge in [0.25, 0.3) is 0 Å². The van der Waals surface area contributed by atoms with Gasteiger partial charge in [-0.15, -0.1) is 0 Å². The molecule has 0 aromatic heterocycles. The number of fused-ring (bicyclic) bond motifs is 2. The Morgan fingerprint density at radius 1 is 1.55 bits per heavy atom. The molecular weight excluding hydrogens is 144 g/mol. The molecule has 2 bridgehead atoms. The molecule has 2 heterocycles. The van der Waals surface area contributed by atoms with Crippen molar-refractivity contribution in [1.29, 1.82) is 0 Å². The third-order valence-corrected chi connectivity index (χ3v) is 2.73. The number of hydrogen-bond donors (Lipinski definition) is 1. The van der Waals surface area contributed by atoms with E-state index in [1.165, 1.54) is 0 Å². The molecule has 0 saturated carbocycles. The van der Waals surface area contributed by atoms with Gasteiger partial charge in [-0.25, -0.2) is 0 Å². The molecule has 2 saturated heterocycles. The van der Waals surface area contributed by atoms with Gasteiger partial charge >= 0.3 is 0 Å². The van der Waals surface area contributed by atoms with Crippen LogP contribution >= 0.6 is 0 Å². The number of rotatable bonds is 0. The van der Waals surface area contributed by atoms with Crippen LogP contribution in [0.4, 0.5) is 0 Å². The topological polar surface area (TPSA) is 38.7 Å². The Hall–Kier alpha value is -0.120. The van der Waals surface area contributed by atoms with Gasteiger partial charge in [0, 0.05) is 1.37 Å². The summed E-state index contributed by atoms with van der Waals surface area (Å²) in [6.07, 6.45) is -1.10. The third-order valence-electron chi connectivity index (χ3n) is 2.73. The Balaban J connectivity index is 2.30. The molecule has 2 fully saturated rings. The van der Waals surface area contributed by atoms with E-state index in [-0.39, 0.29) is 25.2 Å². The minimum Gasteiger partial charge on any atom is -0.387 e. The molecule has 3 heteroatoms. The van der Waals surface area contributed by atoms with E-state index >= 15 is 0 Å². The molecule has 2 rings (SSSR count). The molecule has 0 amide bonds. The van der Waals surface area contributed by atoms with E-state index in [1.54, 1.807) is 0 Å². The second-order valence-corrected chi connectivity index (χ2v) is 3.47. The minimum absolute atomic E-state index is 0.0656. The molecule has 1 N–H and O–H groups in total. The highest BCUT2D eigenvalue weighted by Gasteiger charge is 2.60. The fraction of sp³-hybridized carbons (Fsp3) is 1.00. The third kappa shape index (κ3) is 0.736. The highest BCUT2D eigenvalue weighted by Crippen LogP contribution is 2.43. The fourth-order valence-corrected chi connectivity index (χ4v) is 1.89. The standard InChI is InChI=1S/C8H14O3/c1-4-6-7(9)8(3,11-4)5(2)10-6/h4-7,9H,1-3H3/t4-,5?,6+,7+,8+/m0/s1/i3D. The summed E-state index contributed by atoms with van der Waals surface area (Å²) < 4.78 is 18.4. The van der Waals surface area contributed by atoms with Gasteiger partial charge in [-0.1, -0.05) is 0 Å². The lowest BCUT2D eigenvalue weighted by molar-refractivity contribution is -0.167. The molecule has 3 nitrogen and oxygen atoms in total. The van der Waals surface area contributed by atoms with Gasteiger partial charge in [0.15, 0.2) is 0 Å². The smallest absolute Gasteiger partial charge is 0.120 e. The fourth-order valence-electron chi connectivity index (χ4n) is 1.89. The summed E-state index contributed by atoms with van der Waals surface area (Å²) in [7, 11) is 0. The van der Waals surface area contributed by atoms with Gasteiger partial charge in [0.05, 0.1) is 12.2 Å². The normalized spacial score (nSPS) is 63.4. The van der Waals surface area contributed by atoms with Crippen LogP contribution in [0.25, 0.3) is 0 Å². The number of hydrogen-bond acceptors (Lipinski definition) is 3. The van der Waals surface area contributed by atoms with E-state index in [4.69, 9.17) is 10.8 Å². The van der Waals surface area contributed by atoms with Gasteiger partial charge in [0.2, 0.25) is 0 Å². The van der Waals surface area contributed by atoms with Crippen molar-refractivity contribution in [1.82, 2.24) is 0 Å². The van der Waals surface area contributed by atoms with Crippen LogP contribution in [0, 0.1) is 0 Å². The molecule has 2 aliphatic rings. The quantitative estimate of drug-likeness (QED) is 0.553. The maximum absolute atomic E-state index is 9.75. The van der Waals surface area contributed by atoms with Gasteiger partial charge in [-0.05, 0) is 20.7 Å². The lowest BCUT2D eigenvalue weighted by Crippen LogP contribution is -2.43. The van der Waals surface area contributed by atoms with Crippen LogP contribution in [-0.2, 0) is 9.47 Å². The van der Waals surface area contributed by atoms with Crippen LogP contribution in [0.3, 0.4) is 0 Å². The Labute approximate surface area is 67.7 Å². The van der Waals surface area contributed by atoms with Crippen molar-refractivity contribution in [2.24, 2.45) is 0 Å². The van der Waals surface area contributed by atoms with Crippen LogP contribution in [0.15, 0.2) is 0 Å². The predicted octanol–water partition coefficient (Wildman–Crippen LogP) is 0.312. The first-order valence-electron chi connectivity index (χ1n) is 4.63. The van der Waals surface area contributed by atoms with Crippen LogP contribution < -0.4 is 0 Å². The maximum Gasteiger partial charge on any atom is 0.120 e. The lowest BCUT2D eigenvalue weighted by atomic mass is 9.96. The SMILES string of the molecule is [2H]C[C@@]12O[C@@H](C)[C@@H](OC1C)[C@H]2O. The molecule has 0 radical (unpaired) electrons. The van der Waals surface area contributed by atoms with Crippen LogP contribution in [0.2, 0.25) is 0 Å². The summed E-state index contributed by atoms with van der Waals surface area (Å²) in [5.74, 6) is 0. The van der Waals surface area contributed by atoms with E-state index in [0.29, 0.717) is 0 Å². The number of ether oxygens (including phenoxy) is 2. The summed E-state index contributed by atoms with van der Waals surface area (Å²) in [5, 5.41) is 9.75. The predicted molar refractivity (Wildman–Crippen MR) is 39.3 cm³/mol. The molecule has 11 heavy (non-hydrogen) atoms. The summed E-state index contributed by atoms with van der Waals surface area (Å²) in [5.41, 5.74) is -0.760. The van der Waals surface area contributed by atoms with E-state index in [0.717, 1.165) is 0 Å². The van der Waals surface area contributed by atoms with E-state index in [2.05, 4.69) is 0 Å². The zero-order chi connectivity index (χ0) is 8.93. The Morgan fingerprint density at radius 3 is 2.64 bits per heavy atom. The first-order valence-corrected chi connectivity index (χ1v) is 3.92. The molecule has 5 atom stereocenters. The Kier molecular flexibility index (Phi) is 1.15. The van der Waals surface area contributed by atoms with Gasteiger partial charge in [0.1, 0.15) is 17.8 Å². The second kappa shape index (κ2) is 1.97. The van der Waals surface area contributed by atoms with Crippen LogP contribution in [-0.4, -0.2) is 35.1 Å². The highest BCUT2D eigenvalue weighted by molar-refractivity contribution is 5.08. The summed E-state index contributed by atoms with van der Waals surface area (Å²) in [6.45, 7) is 3.79. The Morgan fingerprint density at radius 2 is 2.27 bits per heavy atom. The van der Waals surface area contributed by atoms with Crippen molar-refractivity contribution in [3.8, 4) is 0 Å². The minimum atomic E-state index is -0.760. The number of aliphatic hydroxyl groups is 1. The average molecular weight is 159 g/mol. The van der Waals surface area contributed by atoms with E-state index in [1.807, 2.05) is 13.8 Å². The summed E-state index contributed by atoms with van der Waals surface area (Å²) >= 11 is 0. The molecule has 1 unspecified atom stereocenters. The van der Waals surface area contributed by atoms with Crippen LogP contribution in [0.1, 0.15) is 22.1 Å². The van der Waals surface area contributed by atoms with Crippen molar-refractivity contribution in [3.05, 3.63) is 0 Å². The van der Waals surface area contributed by atoms with Gasteiger partial charge in [-0.2, -0.15) is 0 Å². The zero-order valence-electron chi connectivity index (χ0n) is 7.78. The Bertz CT molecular complexity index is 199. The molecule has 0 spiro atoms. The van der Waals surface area contributed by atoms with Crippen molar-refractivity contribution in [3.63, 3.8) is 0 Å². The molecule has 64 valence electrons. The zero-order valence-corrected chi connectivity index (χ0v) is 6.78. The number of aliphatic hydroxyl groups excluding tert-OH is 1. The molecule has 2 aliphatic heterocycles. The van der Waals surface area contributed by atoms with Crippen molar-refractivity contribution < 1.29 is 16.0 Å². The van der Waals surface area contributed by atoms with Gasteiger partial charge < -0.3 is 14.6 Å². The van der Waals surface area contributed by atoms with Gasteiger partial charge in [-0.3, -0.25) is 0 Å². The monoisotopic (exact) mass is 159 g/mol. The molecule has 0 aromatic rings. The van der Waals surface area contributed by atoms with Crippen molar-refractivity contribution >= 4 is 0 Å². The first kappa shape index (κ1) is 6.40. The van der Waals surface area contributed by atoms with Crippen LogP contribution in [0.5, 0.6) is 0 Å². The van der Waals surface area contributed by atoms with E-state index < -0.39 is 11.7 Å². The molecular formula is C8H14O3. The lowest BCUT2D eigenvalue weighted by Gasteiger charge is -2.31. The second-order valence-electron chi connectivity index (χ2n) is 3.47. The largest absolute Gasteiger partial charge is 0.387 e. The highest BCUT2D eigenvalue weighted by atomic mass is 16.6. The summed E-state index contributed by atoms with van der Waals surface area (Å²) in [4.78, 5) is 0. The molecule has 0 aliphatic carbocycles. The average Bonchev–Trinajstić information content (AvgIpc) is 2.41. The molecule has 0 aromatic carbocycles. The van der Waals surface area contributed by atoms with E-state index in [9.17, 15) is 5.11 Å².